The van der Waals surface area contributed by atoms with Gasteiger partial charge in [0.2, 0.25) is 5.16 Å². The maximum absolute atomic E-state index is 10.9. The highest BCUT2D eigenvalue weighted by Gasteiger charge is 2.17. The molecular weight excluding hydrogens is 228 g/mol. The summed E-state index contributed by atoms with van der Waals surface area (Å²) in [5.74, 6) is 0.316. The molecule has 0 aliphatic rings. The third-order valence-electron chi connectivity index (χ3n) is 1.89. The molecule has 0 saturated carbocycles. The van der Waals surface area contributed by atoms with Gasteiger partial charge in [-0.25, -0.2) is 4.98 Å². The van der Waals surface area contributed by atoms with E-state index >= 15 is 0 Å². The summed E-state index contributed by atoms with van der Waals surface area (Å²) in [4.78, 5) is 15.0. The first-order chi connectivity index (χ1) is 7.63. The lowest BCUT2D eigenvalue weighted by Gasteiger charge is -2.11. The monoisotopic (exact) mass is 244 g/mol. The highest BCUT2D eigenvalue weighted by Crippen LogP contribution is 2.13. The van der Waals surface area contributed by atoms with Crippen LogP contribution in [0.15, 0.2) is 5.16 Å². The lowest BCUT2D eigenvalue weighted by atomic mass is 10.3. The van der Waals surface area contributed by atoms with E-state index in [1.165, 1.54) is 11.8 Å². The van der Waals surface area contributed by atoms with E-state index in [2.05, 4.69) is 20.5 Å². The second-order valence-corrected chi connectivity index (χ2v) is 4.35. The first-order valence-electron chi connectivity index (χ1n) is 5.11. The molecule has 3 N–H and O–H groups in total. The molecule has 1 aromatic rings. The molecule has 7 heteroatoms. The van der Waals surface area contributed by atoms with E-state index in [9.17, 15) is 4.79 Å². The van der Waals surface area contributed by atoms with E-state index in [0.29, 0.717) is 17.5 Å². The minimum Gasteiger partial charge on any atom is -0.480 e. The Morgan fingerprint density at radius 3 is 2.94 bits per heavy atom. The van der Waals surface area contributed by atoms with Crippen LogP contribution in [0.1, 0.15) is 19.2 Å². The smallest absolute Gasteiger partial charge is 0.321 e. The summed E-state index contributed by atoms with van der Waals surface area (Å²) in [5.41, 5.74) is 0. The summed E-state index contributed by atoms with van der Waals surface area (Å²) in [6.07, 6.45) is 0.911. The number of nitrogens with zero attached hydrogens (tertiary/aromatic N) is 2. The van der Waals surface area contributed by atoms with Gasteiger partial charge in [-0.05, 0) is 19.9 Å². The van der Waals surface area contributed by atoms with E-state index in [4.69, 9.17) is 5.11 Å². The van der Waals surface area contributed by atoms with Gasteiger partial charge >= 0.3 is 5.97 Å². The molecule has 0 aliphatic carbocycles. The molecule has 0 radical (unpaired) electrons. The van der Waals surface area contributed by atoms with Crippen molar-refractivity contribution in [3.05, 3.63) is 5.82 Å². The highest BCUT2D eigenvalue weighted by molar-refractivity contribution is 7.99. The van der Waals surface area contributed by atoms with E-state index in [-0.39, 0.29) is 0 Å². The van der Waals surface area contributed by atoms with Gasteiger partial charge in [-0.15, -0.1) is 5.10 Å². The number of nitrogens with one attached hydrogen (secondary N) is 2. The van der Waals surface area contributed by atoms with E-state index in [1.807, 2.05) is 6.92 Å². The van der Waals surface area contributed by atoms with Crippen molar-refractivity contribution in [3.8, 4) is 0 Å². The molecule has 1 heterocycles. The van der Waals surface area contributed by atoms with Crippen LogP contribution < -0.4 is 5.32 Å². The van der Waals surface area contributed by atoms with Gasteiger partial charge in [0.1, 0.15) is 11.9 Å². The number of hydrogen-bond acceptors (Lipinski definition) is 5. The Labute approximate surface area is 98.2 Å². The Hall–Kier alpha value is -1.08. The zero-order valence-electron chi connectivity index (χ0n) is 9.36. The van der Waals surface area contributed by atoms with Crippen molar-refractivity contribution in [1.29, 1.82) is 0 Å². The number of carbonyl (C=O) groups is 1. The third-order valence-corrected chi connectivity index (χ3v) is 2.84. The van der Waals surface area contributed by atoms with Crippen LogP contribution in [0.2, 0.25) is 0 Å². The minimum absolute atomic E-state index is 0.423. The van der Waals surface area contributed by atoms with Crippen LogP contribution in [0.4, 0.5) is 0 Å². The topological polar surface area (TPSA) is 90.9 Å². The van der Waals surface area contributed by atoms with Crippen molar-refractivity contribution in [2.45, 2.75) is 31.5 Å². The first-order valence-corrected chi connectivity index (χ1v) is 6.10. The predicted octanol–water partition coefficient (Wildman–Crippen LogP) is 0.658. The van der Waals surface area contributed by atoms with Gasteiger partial charge in [0.05, 0.1) is 0 Å². The van der Waals surface area contributed by atoms with Crippen molar-refractivity contribution < 1.29 is 9.90 Å². The number of H-pyrrole nitrogens is 1. The molecule has 1 rings (SSSR count). The molecule has 0 aromatic carbocycles. The quantitative estimate of drug-likeness (QED) is 0.610. The molecule has 1 atom stereocenters. The average molecular weight is 244 g/mol. The van der Waals surface area contributed by atoms with Gasteiger partial charge < -0.3 is 10.4 Å². The predicted molar refractivity (Wildman–Crippen MR) is 61.6 cm³/mol. The summed E-state index contributed by atoms with van der Waals surface area (Å²) in [7, 11) is 0. The van der Waals surface area contributed by atoms with Gasteiger partial charge in [-0.3, -0.25) is 9.89 Å². The number of hydrogen-bond donors (Lipinski definition) is 3. The lowest BCUT2D eigenvalue weighted by Crippen LogP contribution is -2.39. The number of aromatic amines is 1. The minimum atomic E-state index is -0.840. The van der Waals surface area contributed by atoms with E-state index < -0.39 is 12.0 Å². The van der Waals surface area contributed by atoms with Crippen LogP contribution in [-0.2, 0) is 4.79 Å². The molecule has 1 unspecified atom stereocenters. The molecule has 0 aliphatic heterocycles. The van der Waals surface area contributed by atoms with Crippen LogP contribution in [-0.4, -0.2) is 44.6 Å². The first kappa shape index (κ1) is 13.0. The van der Waals surface area contributed by atoms with Crippen molar-refractivity contribution in [2.75, 3.05) is 12.3 Å². The Bertz CT molecular complexity index is 342. The Kier molecular flexibility index (Phi) is 5.27. The highest BCUT2D eigenvalue weighted by atomic mass is 32.2. The van der Waals surface area contributed by atoms with Gasteiger partial charge in [0.25, 0.3) is 0 Å². The van der Waals surface area contributed by atoms with E-state index in [0.717, 1.165) is 12.2 Å². The van der Waals surface area contributed by atoms with Crippen LogP contribution >= 0.6 is 11.8 Å². The SMILES string of the molecule is CCCNC(CSc1n[nH]c(C)n1)C(=O)O. The number of rotatable bonds is 7. The van der Waals surface area contributed by atoms with Crippen LogP contribution in [0, 0.1) is 6.92 Å². The number of carboxylic acid groups (broad SMARTS) is 1. The number of carboxylic acids is 1. The van der Waals surface area contributed by atoms with Crippen LogP contribution in [0.3, 0.4) is 0 Å². The second-order valence-electron chi connectivity index (χ2n) is 3.36. The number of aromatic nitrogens is 3. The summed E-state index contributed by atoms with van der Waals surface area (Å²) in [6, 6.07) is -0.552. The van der Waals surface area contributed by atoms with E-state index in [1.54, 1.807) is 6.92 Å². The normalized spacial score (nSPS) is 12.6. The number of aryl methyl sites for hydroxylation is 1. The summed E-state index contributed by atoms with van der Waals surface area (Å²) < 4.78 is 0. The number of aliphatic carboxylic acids is 1. The Morgan fingerprint density at radius 2 is 2.44 bits per heavy atom. The fraction of sp³-hybridized carbons (Fsp3) is 0.667. The molecule has 0 spiro atoms. The van der Waals surface area contributed by atoms with Gasteiger partial charge in [-0.1, -0.05) is 18.7 Å². The molecule has 0 bridgehead atoms. The fourth-order valence-corrected chi connectivity index (χ4v) is 1.97. The molecule has 0 saturated heterocycles. The van der Waals surface area contributed by atoms with Gasteiger partial charge in [0.15, 0.2) is 0 Å². The Balaban J connectivity index is 2.40. The van der Waals surface area contributed by atoms with Crippen molar-refractivity contribution in [1.82, 2.24) is 20.5 Å². The largest absolute Gasteiger partial charge is 0.480 e. The molecule has 0 amide bonds. The summed E-state index contributed by atoms with van der Waals surface area (Å²) in [5, 5.41) is 19.2. The fourth-order valence-electron chi connectivity index (χ4n) is 1.08. The molecule has 0 fully saturated rings. The molecule has 16 heavy (non-hydrogen) atoms. The van der Waals surface area contributed by atoms with Crippen molar-refractivity contribution in [3.63, 3.8) is 0 Å². The summed E-state index contributed by atoms with van der Waals surface area (Å²) >= 11 is 1.33. The molecular formula is C9H16N4O2S. The summed E-state index contributed by atoms with van der Waals surface area (Å²) in [6.45, 7) is 4.50. The van der Waals surface area contributed by atoms with Gasteiger partial charge in [0, 0.05) is 5.75 Å². The maximum Gasteiger partial charge on any atom is 0.321 e. The van der Waals surface area contributed by atoms with Gasteiger partial charge in [-0.2, -0.15) is 0 Å². The molecule has 6 nitrogen and oxygen atoms in total. The van der Waals surface area contributed by atoms with Crippen molar-refractivity contribution in [2.24, 2.45) is 0 Å². The third kappa shape index (κ3) is 4.19. The maximum atomic E-state index is 10.9. The second kappa shape index (κ2) is 6.49. The molecule has 90 valence electrons. The van der Waals surface area contributed by atoms with Crippen molar-refractivity contribution >= 4 is 17.7 Å². The lowest BCUT2D eigenvalue weighted by molar-refractivity contribution is -0.138. The molecule has 1 aromatic heterocycles. The van der Waals surface area contributed by atoms with Crippen LogP contribution in [0.5, 0.6) is 0 Å². The van der Waals surface area contributed by atoms with Crippen LogP contribution in [0.25, 0.3) is 0 Å². The average Bonchev–Trinajstić information content (AvgIpc) is 2.64. The zero-order chi connectivity index (χ0) is 12.0. The Morgan fingerprint density at radius 1 is 1.69 bits per heavy atom. The standard InChI is InChI=1S/C9H16N4O2S/c1-3-4-10-7(8(14)15)5-16-9-11-6(2)12-13-9/h7,10H,3-5H2,1-2H3,(H,14,15)(H,11,12,13). The number of thioether (sulfide) groups is 1. The zero-order valence-corrected chi connectivity index (χ0v) is 10.2.